The van der Waals surface area contributed by atoms with Gasteiger partial charge in [-0.1, -0.05) is 0 Å². The van der Waals surface area contributed by atoms with Gasteiger partial charge in [0.2, 0.25) is 0 Å². The number of aliphatic hydroxyl groups excluding tert-OH is 1. The van der Waals surface area contributed by atoms with Gasteiger partial charge >= 0.3 is 0 Å². The summed E-state index contributed by atoms with van der Waals surface area (Å²) in [6, 6.07) is 6.27. The Balaban J connectivity index is 1.88. The van der Waals surface area contributed by atoms with Gasteiger partial charge in [0.05, 0.1) is 17.1 Å². The number of ether oxygens (including phenoxy) is 1. The number of nitrogens with zero attached hydrogens (tertiary/aromatic N) is 1. The van der Waals surface area contributed by atoms with Crippen LogP contribution in [0.3, 0.4) is 0 Å². The first-order valence-electron chi connectivity index (χ1n) is 6.80. The molecule has 1 fully saturated rings. The molecule has 2 N–H and O–H groups in total. The third kappa shape index (κ3) is 3.53. The molecule has 1 aliphatic rings. The van der Waals surface area contributed by atoms with Gasteiger partial charge in [0.1, 0.15) is 0 Å². The summed E-state index contributed by atoms with van der Waals surface area (Å²) in [7, 11) is 1.71. The first-order chi connectivity index (χ1) is 9.61. The molecule has 110 valence electrons. The van der Waals surface area contributed by atoms with Gasteiger partial charge in [-0.05, 0) is 37.0 Å². The molecule has 1 saturated carbocycles. The van der Waals surface area contributed by atoms with Gasteiger partial charge in [-0.25, -0.2) is 0 Å². The fourth-order valence-electron chi connectivity index (χ4n) is 2.64. The van der Waals surface area contributed by atoms with Crippen molar-refractivity contribution in [3.63, 3.8) is 0 Å². The molecule has 6 nitrogen and oxygen atoms in total. The quantitative estimate of drug-likeness (QED) is 0.613. The van der Waals surface area contributed by atoms with Crippen molar-refractivity contribution in [2.24, 2.45) is 0 Å². The van der Waals surface area contributed by atoms with Crippen LogP contribution >= 0.6 is 0 Å². The first kappa shape index (κ1) is 14.9. The lowest BCUT2D eigenvalue weighted by Crippen LogP contribution is -2.39. The van der Waals surface area contributed by atoms with Crippen LogP contribution in [0, 0.1) is 10.1 Å². The second kappa shape index (κ2) is 6.78. The largest absolute Gasteiger partial charge is 0.387 e. The molecule has 0 saturated heterocycles. The molecule has 3 atom stereocenters. The molecule has 1 aromatic carbocycles. The number of methoxy groups -OCH3 is 1. The van der Waals surface area contributed by atoms with E-state index in [-0.39, 0.29) is 17.8 Å². The highest BCUT2D eigenvalue weighted by Gasteiger charge is 2.27. The van der Waals surface area contributed by atoms with Crippen LogP contribution in [0.5, 0.6) is 0 Å². The third-order valence-electron chi connectivity index (χ3n) is 3.82. The lowest BCUT2D eigenvalue weighted by Gasteiger charge is -2.21. The summed E-state index contributed by atoms with van der Waals surface area (Å²) in [4.78, 5) is 10.1. The average molecular weight is 280 g/mol. The number of non-ortho nitro benzene ring substituents is 1. The SMILES string of the molecule is COC1CCCC1NCC(O)c1ccc([N+](=O)[O-])cc1. The van der Waals surface area contributed by atoms with Crippen LogP contribution in [0.1, 0.15) is 30.9 Å². The molecular weight excluding hydrogens is 260 g/mol. The van der Waals surface area contributed by atoms with Gasteiger partial charge in [-0.3, -0.25) is 10.1 Å². The number of aliphatic hydroxyl groups is 1. The number of nitro benzene ring substituents is 1. The third-order valence-corrected chi connectivity index (χ3v) is 3.82. The Morgan fingerprint density at radius 2 is 2.15 bits per heavy atom. The molecular formula is C14H20N2O4. The average Bonchev–Trinajstić information content (AvgIpc) is 2.92. The van der Waals surface area contributed by atoms with E-state index in [2.05, 4.69) is 5.32 Å². The van der Waals surface area contributed by atoms with Crippen LogP contribution in [-0.4, -0.2) is 35.8 Å². The molecule has 0 amide bonds. The molecule has 1 aromatic rings. The smallest absolute Gasteiger partial charge is 0.269 e. The minimum absolute atomic E-state index is 0.0316. The molecule has 0 radical (unpaired) electrons. The zero-order chi connectivity index (χ0) is 14.5. The minimum atomic E-state index is -0.672. The Bertz CT molecular complexity index is 449. The van der Waals surface area contributed by atoms with Crippen LogP contribution in [0.25, 0.3) is 0 Å². The van der Waals surface area contributed by atoms with Crippen LogP contribution in [0.15, 0.2) is 24.3 Å². The van der Waals surface area contributed by atoms with E-state index in [9.17, 15) is 15.2 Å². The van der Waals surface area contributed by atoms with E-state index < -0.39 is 11.0 Å². The van der Waals surface area contributed by atoms with Crippen molar-refractivity contribution in [3.8, 4) is 0 Å². The summed E-state index contributed by atoms with van der Waals surface area (Å²) >= 11 is 0. The van der Waals surface area contributed by atoms with Gasteiger partial charge in [0.15, 0.2) is 0 Å². The van der Waals surface area contributed by atoms with Crippen molar-refractivity contribution in [3.05, 3.63) is 39.9 Å². The molecule has 0 bridgehead atoms. The van der Waals surface area contributed by atoms with Crippen molar-refractivity contribution in [1.29, 1.82) is 0 Å². The van der Waals surface area contributed by atoms with E-state index in [4.69, 9.17) is 4.74 Å². The molecule has 0 aromatic heterocycles. The lowest BCUT2D eigenvalue weighted by molar-refractivity contribution is -0.384. The van der Waals surface area contributed by atoms with Crippen molar-refractivity contribution < 1.29 is 14.8 Å². The molecule has 20 heavy (non-hydrogen) atoms. The Morgan fingerprint density at radius 3 is 2.75 bits per heavy atom. The van der Waals surface area contributed by atoms with Crippen LogP contribution < -0.4 is 5.32 Å². The van der Waals surface area contributed by atoms with Gasteiger partial charge in [-0.2, -0.15) is 0 Å². The number of hydrogen-bond donors (Lipinski definition) is 2. The van der Waals surface area contributed by atoms with E-state index in [0.717, 1.165) is 19.3 Å². The zero-order valence-corrected chi connectivity index (χ0v) is 11.5. The van der Waals surface area contributed by atoms with Crippen molar-refractivity contribution in [1.82, 2.24) is 5.32 Å². The van der Waals surface area contributed by atoms with E-state index in [1.165, 1.54) is 12.1 Å². The van der Waals surface area contributed by atoms with E-state index in [1.807, 2.05) is 0 Å². The summed E-state index contributed by atoms with van der Waals surface area (Å²) in [6.45, 7) is 0.419. The van der Waals surface area contributed by atoms with Crippen molar-refractivity contribution in [2.75, 3.05) is 13.7 Å². The fraction of sp³-hybridized carbons (Fsp3) is 0.571. The number of rotatable bonds is 6. The van der Waals surface area contributed by atoms with Crippen molar-refractivity contribution in [2.45, 2.75) is 37.5 Å². The summed E-state index contributed by atoms with van der Waals surface area (Å²) < 4.78 is 5.38. The van der Waals surface area contributed by atoms with Crippen LogP contribution in [0.2, 0.25) is 0 Å². The standard InChI is InChI=1S/C14H20N2O4/c1-20-14-4-2-3-12(14)15-9-13(17)10-5-7-11(8-6-10)16(18)19/h5-8,12-15,17H,2-4,9H2,1H3. The van der Waals surface area contributed by atoms with E-state index in [1.54, 1.807) is 19.2 Å². The monoisotopic (exact) mass is 280 g/mol. The Hall–Kier alpha value is -1.50. The van der Waals surface area contributed by atoms with Crippen LogP contribution in [0.4, 0.5) is 5.69 Å². The highest BCUT2D eigenvalue weighted by atomic mass is 16.6. The second-order valence-corrected chi connectivity index (χ2v) is 5.08. The van der Waals surface area contributed by atoms with Gasteiger partial charge in [0.25, 0.3) is 5.69 Å². The second-order valence-electron chi connectivity index (χ2n) is 5.08. The highest BCUT2D eigenvalue weighted by Crippen LogP contribution is 2.23. The topological polar surface area (TPSA) is 84.6 Å². The molecule has 6 heteroatoms. The maximum atomic E-state index is 10.6. The van der Waals surface area contributed by atoms with Gasteiger partial charge < -0.3 is 15.2 Å². The summed E-state index contributed by atoms with van der Waals surface area (Å²) in [5.74, 6) is 0. The van der Waals surface area contributed by atoms with Crippen molar-refractivity contribution >= 4 is 5.69 Å². The summed E-state index contributed by atoms with van der Waals surface area (Å²) in [6.07, 6.45) is 2.75. The number of nitrogens with one attached hydrogen (secondary N) is 1. The maximum absolute atomic E-state index is 10.6. The predicted octanol–water partition coefficient (Wildman–Crippen LogP) is 1.79. The zero-order valence-electron chi connectivity index (χ0n) is 11.5. The van der Waals surface area contributed by atoms with Gasteiger partial charge in [0, 0.05) is 31.8 Å². The minimum Gasteiger partial charge on any atom is -0.387 e. The van der Waals surface area contributed by atoms with Gasteiger partial charge in [-0.15, -0.1) is 0 Å². The summed E-state index contributed by atoms with van der Waals surface area (Å²) in [5, 5.41) is 24.0. The number of benzene rings is 1. The lowest BCUT2D eigenvalue weighted by atomic mass is 10.1. The molecule has 1 aliphatic carbocycles. The number of nitro groups is 1. The molecule has 3 unspecified atom stereocenters. The van der Waals surface area contributed by atoms with E-state index >= 15 is 0 Å². The number of hydrogen-bond acceptors (Lipinski definition) is 5. The Kier molecular flexibility index (Phi) is 5.05. The summed E-state index contributed by atoms with van der Waals surface area (Å²) in [5.41, 5.74) is 0.708. The Labute approximate surface area is 117 Å². The first-order valence-corrected chi connectivity index (χ1v) is 6.80. The van der Waals surface area contributed by atoms with E-state index in [0.29, 0.717) is 12.1 Å². The molecule has 2 rings (SSSR count). The highest BCUT2D eigenvalue weighted by molar-refractivity contribution is 5.33. The Morgan fingerprint density at radius 1 is 1.45 bits per heavy atom. The maximum Gasteiger partial charge on any atom is 0.269 e. The molecule has 0 heterocycles. The predicted molar refractivity (Wildman–Crippen MR) is 74.5 cm³/mol. The molecule has 0 aliphatic heterocycles. The normalized spacial score (nSPS) is 23.7. The van der Waals surface area contributed by atoms with Crippen LogP contribution in [-0.2, 0) is 4.74 Å². The molecule has 0 spiro atoms. The fourth-order valence-corrected chi connectivity index (χ4v) is 2.64.